The molecule has 1 N–H and O–H groups in total. The van der Waals surface area contributed by atoms with Crippen molar-refractivity contribution in [1.82, 2.24) is 15.0 Å². The first-order chi connectivity index (χ1) is 13.3. The molecule has 1 aromatic heterocycles. The third-order valence-corrected chi connectivity index (χ3v) is 4.60. The minimum absolute atomic E-state index is 0.541. The van der Waals surface area contributed by atoms with Gasteiger partial charge in [0.2, 0.25) is 17.8 Å². The van der Waals surface area contributed by atoms with Gasteiger partial charge < -0.3 is 24.6 Å². The van der Waals surface area contributed by atoms with Crippen LogP contribution in [0.15, 0.2) is 30.8 Å². The number of rotatable bonds is 5. The van der Waals surface area contributed by atoms with Gasteiger partial charge in [0.1, 0.15) is 0 Å². The van der Waals surface area contributed by atoms with Crippen LogP contribution in [0.2, 0.25) is 0 Å². The molecule has 2 aliphatic heterocycles. The van der Waals surface area contributed by atoms with Crippen LogP contribution in [0.4, 0.5) is 23.5 Å². The van der Waals surface area contributed by atoms with E-state index >= 15 is 0 Å². The standard InChI is InChI=1S/C19H24N6O2/c1-2-15-3-5-16(6-4-15)20-17-21-18(24-7-11-26-12-8-24)23-19(22-17)25-9-13-27-14-10-25/h2-6H,1,7-14H2,(H,20,21,22,23). The van der Waals surface area contributed by atoms with E-state index in [1.54, 1.807) is 0 Å². The summed E-state index contributed by atoms with van der Waals surface area (Å²) in [6, 6.07) is 7.98. The Morgan fingerprint density at radius 2 is 1.33 bits per heavy atom. The quantitative estimate of drug-likeness (QED) is 0.858. The van der Waals surface area contributed by atoms with Crippen LogP contribution >= 0.6 is 0 Å². The van der Waals surface area contributed by atoms with E-state index in [0.29, 0.717) is 44.3 Å². The molecule has 8 nitrogen and oxygen atoms in total. The molecule has 0 saturated carbocycles. The number of aromatic nitrogens is 3. The summed E-state index contributed by atoms with van der Waals surface area (Å²) in [5.41, 5.74) is 1.99. The molecule has 0 unspecified atom stereocenters. The summed E-state index contributed by atoms with van der Waals surface area (Å²) >= 11 is 0. The van der Waals surface area contributed by atoms with Crippen LogP contribution in [0.3, 0.4) is 0 Å². The minimum Gasteiger partial charge on any atom is -0.378 e. The highest BCUT2D eigenvalue weighted by molar-refractivity contribution is 5.59. The van der Waals surface area contributed by atoms with Crippen molar-refractivity contribution >= 4 is 29.6 Å². The number of anilines is 4. The average molecular weight is 368 g/mol. The van der Waals surface area contributed by atoms with Crippen molar-refractivity contribution < 1.29 is 9.47 Å². The van der Waals surface area contributed by atoms with Crippen LogP contribution in [-0.2, 0) is 9.47 Å². The number of benzene rings is 1. The minimum atomic E-state index is 0.541. The van der Waals surface area contributed by atoms with Crippen molar-refractivity contribution in [3.05, 3.63) is 36.4 Å². The van der Waals surface area contributed by atoms with Crippen molar-refractivity contribution in [2.45, 2.75) is 0 Å². The van der Waals surface area contributed by atoms with Gasteiger partial charge in [-0.25, -0.2) is 0 Å². The van der Waals surface area contributed by atoms with Crippen LogP contribution in [0, 0.1) is 0 Å². The number of hydrogen-bond donors (Lipinski definition) is 1. The van der Waals surface area contributed by atoms with Crippen LogP contribution in [0.5, 0.6) is 0 Å². The number of nitrogens with zero attached hydrogens (tertiary/aromatic N) is 5. The number of hydrogen-bond acceptors (Lipinski definition) is 8. The van der Waals surface area contributed by atoms with Crippen molar-refractivity contribution in [3.8, 4) is 0 Å². The SMILES string of the molecule is C=Cc1ccc(Nc2nc(N3CCOCC3)nc(N3CCOCC3)n2)cc1. The number of morpholine rings is 2. The number of nitrogens with one attached hydrogen (secondary N) is 1. The predicted octanol–water partition coefficient (Wildman–Crippen LogP) is 1.93. The summed E-state index contributed by atoms with van der Waals surface area (Å²) in [6.45, 7) is 9.64. The topological polar surface area (TPSA) is 75.6 Å². The molecule has 0 spiro atoms. The lowest BCUT2D eigenvalue weighted by molar-refractivity contribution is 0.121. The monoisotopic (exact) mass is 368 g/mol. The summed E-state index contributed by atoms with van der Waals surface area (Å²) < 4.78 is 10.9. The molecule has 142 valence electrons. The molecule has 4 rings (SSSR count). The van der Waals surface area contributed by atoms with Crippen LogP contribution in [0.1, 0.15) is 5.56 Å². The molecule has 0 atom stereocenters. The second kappa shape index (κ2) is 8.32. The fraction of sp³-hybridized carbons (Fsp3) is 0.421. The highest BCUT2D eigenvalue weighted by Gasteiger charge is 2.20. The molecule has 0 aliphatic carbocycles. The van der Waals surface area contributed by atoms with Crippen molar-refractivity contribution in [2.24, 2.45) is 0 Å². The highest BCUT2D eigenvalue weighted by atomic mass is 16.5. The van der Waals surface area contributed by atoms with E-state index in [-0.39, 0.29) is 0 Å². The van der Waals surface area contributed by atoms with Crippen LogP contribution in [0.25, 0.3) is 6.08 Å². The van der Waals surface area contributed by atoms with Gasteiger partial charge in [-0.05, 0) is 17.7 Å². The van der Waals surface area contributed by atoms with E-state index in [4.69, 9.17) is 14.5 Å². The van der Waals surface area contributed by atoms with E-state index in [1.165, 1.54) is 0 Å². The zero-order chi connectivity index (χ0) is 18.5. The summed E-state index contributed by atoms with van der Waals surface area (Å²) in [6.07, 6.45) is 1.82. The molecule has 3 heterocycles. The maximum absolute atomic E-state index is 5.45. The first-order valence-corrected chi connectivity index (χ1v) is 9.23. The largest absolute Gasteiger partial charge is 0.378 e. The summed E-state index contributed by atoms with van der Waals surface area (Å²) in [5, 5.41) is 3.30. The van der Waals surface area contributed by atoms with Gasteiger partial charge >= 0.3 is 0 Å². The molecule has 1 aromatic carbocycles. The second-order valence-corrected chi connectivity index (χ2v) is 6.41. The van der Waals surface area contributed by atoms with E-state index in [0.717, 1.165) is 37.4 Å². The predicted molar refractivity (Wildman–Crippen MR) is 106 cm³/mol. The van der Waals surface area contributed by atoms with E-state index in [1.807, 2.05) is 30.3 Å². The van der Waals surface area contributed by atoms with Gasteiger partial charge in [0.15, 0.2) is 0 Å². The Hall–Kier alpha value is -2.71. The van der Waals surface area contributed by atoms with Crippen molar-refractivity contribution in [2.75, 3.05) is 67.7 Å². The van der Waals surface area contributed by atoms with Gasteiger partial charge in [-0.2, -0.15) is 15.0 Å². The first-order valence-electron chi connectivity index (χ1n) is 9.23. The van der Waals surface area contributed by atoms with Gasteiger partial charge in [0.05, 0.1) is 26.4 Å². The lowest BCUT2D eigenvalue weighted by Gasteiger charge is -2.30. The molecule has 27 heavy (non-hydrogen) atoms. The summed E-state index contributed by atoms with van der Waals surface area (Å²) in [4.78, 5) is 18.3. The Labute approximate surface area is 158 Å². The lowest BCUT2D eigenvalue weighted by Crippen LogP contribution is -2.40. The molecule has 2 saturated heterocycles. The van der Waals surface area contributed by atoms with Gasteiger partial charge in [0.25, 0.3) is 0 Å². The lowest BCUT2D eigenvalue weighted by atomic mass is 10.2. The van der Waals surface area contributed by atoms with Crippen LogP contribution in [-0.4, -0.2) is 67.6 Å². The third kappa shape index (κ3) is 4.35. The Morgan fingerprint density at radius 1 is 0.815 bits per heavy atom. The molecule has 2 aliphatic rings. The van der Waals surface area contributed by atoms with E-state index in [2.05, 4.69) is 31.7 Å². The highest BCUT2D eigenvalue weighted by Crippen LogP contribution is 2.21. The first kappa shape index (κ1) is 17.7. The Kier molecular flexibility index (Phi) is 5.45. The molecule has 0 amide bonds. The van der Waals surface area contributed by atoms with Gasteiger partial charge in [0, 0.05) is 31.9 Å². The molecular weight excluding hydrogens is 344 g/mol. The normalized spacial score (nSPS) is 17.6. The summed E-state index contributed by atoms with van der Waals surface area (Å²) in [5.74, 6) is 1.90. The maximum atomic E-state index is 5.45. The smallest absolute Gasteiger partial charge is 0.233 e. The summed E-state index contributed by atoms with van der Waals surface area (Å²) in [7, 11) is 0. The van der Waals surface area contributed by atoms with Gasteiger partial charge in [-0.3, -0.25) is 0 Å². The maximum Gasteiger partial charge on any atom is 0.233 e. The molecule has 8 heteroatoms. The molecule has 0 bridgehead atoms. The van der Waals surface area contributed by atoms with E-state index < -0.39 is 0 Å². The molecular formula is C19H24N6O2. The Balaban J connectivity index is 1.62. The van der Waals surface area contributed by atoms with Crippen LogP contribution < -0.4 is 15.1 Å². The van der Waals surface area contributed by atoms with Gasteiger partial charge in [-0.1, -0.05) is 24.8 Å². The third-order valence-electron chi connectivity index (χ3n) is 4.60. The molecule has 2 aromatic rings. The second-order valence-electron chi connectivity index (χ2n) is 6.41. The Morgan fingerprint density at radius 3 is 1.81 bits per heavy atom. The average Bonchev–Trinajstić information content (AvgIpc) is 2.75. The van der Waals surface area contributed by atoms with E-state index in [9.17, 15) is 0 Å². The van der Waals surface area contributed by atoms with Crippen molar-refractivity contribution in [3.63, 3.8) is 0 Å². The number of ether oxygens (including phenoxy) is 2. The molecule has 0 radical (unpaired) electrons. The fourth-order valence-corrected chi connectivity index (χ4v) is 3.05. The van der Waals surface area contributed by atoms with Crippen molar-refractivity contribution in [1.29, 1.82) is 0 Å². The van der Waals surface area contributed by atoms with Gasteiger partial charge in [-0.15, -0.1) is 0 Å². The fourth-order valence-electron chi connectivity index (χ4n) is 3.05. The zero-order valence-electron chi connectivity index (χ0n) is 15.3. The molecule has 2 fully saturated rings. The Bertz CT molecular complexity index is 734. The zero-order valence-corrected chi connectivity index (χ0v) is 15.3.